The van der Waals surface area contributed by atoms with Crippen LogP contribution in [-0.2, 0) is 11.2 Å². The summed E-state index contributed by atoms with van der Waals surface area (Å²) in [6.45, 7) is 2.92. The highest BCUT2D eigenvalue weighted by Gasteiger charge is 2.52. The second kappa shape index (κ2) is 4.23. The van der Waals surface area contributed by atoms with E-state index in [2.05, 4.69) is 22.2 Å². The molecular weight excluding hydrogens is 216 g/mol. The van der Waals surface area contributed by atoms with Crippen molar-refractivity contribution >= 4 is 5.82 Å². The third kappa shape index (κ3) is 1.79. The van der Waals surface area contributed by atoms with E-state index in [1.54, 1.807) is 6.33 Å². The summed E-state index contributed by atoms with van der Waals surface area (Å²) >= 11 is 0. The van der Waals surface area contributed by atoms with Crippen LogP contribution in [0.2, 0.25) is 0 Å². The Kier molecular flexibility index (Phi) is 2.72. The van der Waals surface area contributed by atoms with E-state index in [1.165, 1.54) is 0 Å². The summed E-state index contributed by atoms with van der Waals surface area (Å²) in [6.07, 6.45) is 3.87. The molecule has 0 spiro atoms. The van der Waals surface area contributed by atoms with Gasteiger partial charge < -0.3 is 15.8 Å². The van der Waals surface area contributed by atoms with Crippen molar-refractivity contribution in [2.24, 2.45) is 11.7 Å². The van der Waals surface area contributed by atoms with E-state index in [1.807, 2.05) is 6.07 Å². The minimum absolute atomic E-state index is 0.183. The molecule has 1 aromatic rings. The maximum atomic E-state index is 6.14. The van der Waals surface area contributed by atoms with Crippen LogP contribution < -0.4 is 11.1 Å². The third-order valence-electron chi connectivity index (χ3n) is 3.85. The van der Waals surface area contributed by atoms with Crippen molar-refractivity contribution in [1.82, 2.24) is 9.97 Å². The van der Waals surface area contributed by atoms with E-state index in [0.717, 1.165) is 31.0 Å². The molecule has 0 radical (unpaired) electrons. The Bertz CT molecular complexity index is 411. The molecule has 5 heteroatoms. The molecular formula is C12H18N4O. The summed E-state index contributed by atoms with van der Waals surface area (Å²) in [5.41, 5.74) is 7.18. The molecule has 1 aromatic heterocycles. The first-order valence-corrected chi connectivity index (χ1v) is 6.24. The molecule has 3 rings (SSSR count). The number of ether oxygens (including phenoxy) is 1. The highest BCUT2D eigenvalue weighted by Crippen LogP contribution is 2.39. The molecule has 1 aliphatic heterocycles. The molecule has 1 saturated heterocycles. The van der Waals surface area contributed by atoms with E-state index < -0.39 is 0 Å². The van der Waals surface area contributed by atoms with Crippen molar-refractivity contribution in [3.63, 3.8) is 0 Å². The molecule has 1 saturated carbocycles. The zero-order valence-corrected chi connectivity index (χ0v) is 9.97. The van der Waals surface area contributed by atoms with Crippen LogP contribution >= 0.6 is 0 Å². The number of fused-ring (bicyclic) bond motifs is 1. The SMILES string of the molecule is CCc1cc(NC2C(N)C3CCOC32)ncn1. The van der Waals surface area contributed by atoms with Gasteiger partial charge in [0.1, 0.15) is 12.1 Å². The third-order valence-corrected chi connectivity index (χ3v) is 3.85. The number of nitrogens with two attached hydrogens (primary N) is 1. The van der Waals surface area contributed by atoms with Crippen LogP contribution in [-0.4, -0.2) is 34.8 Å². The zero-order valence-electron chi connectivity index (χ0n) is 9.97. The number of rotatable bonds is 3. The van der Waals surface area contributed by atoms with Crippen LogP contribution in [0.5, 0.6) is 0 Å². The zero-order chi connectivity index (χ0) is 11.8. The average Bonchev–Trinajstić information content (AvgIpc) is 2.81. The fourth-order valence-corrected chi connectivity index (χ4v) is 2.77. The summed E-state index contributed by atoms with van der Waals surface area (Å²) in [7, 11) is 0. The molecule has 1 aliphatic carbocycles. The lowest BCUT2D eigenvalue weighted by molar-refractivity contribution is 0.00523. The molecule has 5 nitrogen and oxygen atoms in total. The first-order chi connectivity index (χ1) is 8.29. The topological polar surface area (TPSA) is 73.1 Å². The fourth-order valence-electron chi connectivity index (χ4n) is 2.77. The van der Waals surface area contributed by atoms with E-state index >= 15 is 0 Å². The van der Waals surface area contributed by atoms with E-state index in [0.29, 0.717) is 5.92 Å². The molecule has 2 heterocycles. The maximum absolute atomic E-state index is 6.14. The minimum Gasteiger partial charge on any atom is -0.376 e. The van der Waals surface area contributed by atoms with Crippen LogP contribution in [0.3, 0.4) is 0 Å². The Morgan fingerprint density at radius 2 is 2.41 bits per heavy atom. The predicted molar refractivity (Wildman–Crippen MR) is 64.6 cm³/mol. The monoisotopic (exact) mass is 234 g/mol. The van der Waals surface area contributed by atoms with E-state index in [4.69, 9.17) is 10.5 Å². The van der Waals surface area contributed by atoms with Gasteiger partial charge in [0.05, 0.1) is 12.1 Å². The van der Waals surface area contributed by atoms with Crippen molar-refractivity contribution < 1.29 is 4.74 Å². The van der Waals surface area contributed by atoms with Crippen molar-refractivity contribution in [3.05, 3.63) is 18.1 Å². The normalized spacial score (nSPS) is 35.2. The van der Waals surface area contributed by atoms with Crippen LogP contribution in [0.1, 0.15) is 19.0 Å². The highest BCUT2D eigenvalue weighted by molar-refractivity contribution is 5.39. The number of hydrogen-bond donors (Lipinski definition) is 2. The molecule has 4 unspecified atom stereocenters. The summed E-state index contributed by atoms with van der Waals surface area (Å²) in [6, 6.07) is 2.36. The van der Waals surface area contributed by atoms with Crippen molar-refractivity contribution in [1.29, 1.82) is 0 Å². The van der Waals surface area contributed by atoms with Gasteiger partial charge in [-0.15, -0.1) is 0 Å². The van der Waals surface area contributed by atoms with Crippen LogP contribution in [0.25, 0.3) is 0 Å². The lowest BCUT2D eigenvalue weighted by Crippen LogP contribution is -2.65. The Morgan fingerprint density at radius 1 is 1.53 bits per heavy atom. The molecule has 0 amide bonds. The van der Waals surface area contributed by atoms with Gasteiger partial charge in [0, 0.05) is 30.3 Å². The number of anilines is 1. The van der Waals surface area contributed by atoms with Gasteiger partial charge in [-0.05, 0) is 12.8 Å². The Balaban J connectivity index is 1.70. The number of aromatic nitrogens is 2. The minimum atomic E-state index is 0.183. The molecule has 2 fully saturated rings. The van der Waals surface area contributed by atoms with Gasteiger partial charge in [0.25, 0.3) is 0 Å². The number of nitrogens with one attached hydrogen (secondary N) is 1. The summed E-state index contributed by atoms with van der Waals surface area (Å²) in [5.74, 6) is 1.38. The van der Waals surface area contributed by atoms with Gasteiger partial charge >= 0.3 is 0 Å². The summed E-state index contributed by atoms with van der Waals surface area (Å²) in [5, 5.41) is 3.37. The van der Waals surface area contributed by atoms with E-state index in [-0.39, 0.29) is 18.2 Å². The van der Waals surface area contributed by atoms with Crippen molar-refractivity contribution in [2.45, 2.75) is 38.0 Å². The smallest absolute Gasteiger partial charge is 0.129 e. The second-order valence-electron chi connectivity index (χ2n) is 4.78. The Labute approximate surface area is 101 Å². The van der Waals surface area contributed by atoms with Crippen LogP contribution in [0, 0.1) is 5.92 Å². The number of hydrogen-bond acceptors (Lipinski definition) is 5. The van der Waals surface area contributed by atoms with Crippen LogP contribution in [0.4, 0.5) is 5.82 Å². The van der Waals surface area contributed by atoms with Gasteiger partial charge in [0.15, 0.2) is 0 Å². The second-order valence-corrected chi connectivity index (χ2v) is 4.78. The molecule has 3 N–H and O–H groups in total. The molecule has 0 aromatic carbocycles. The van der Waals surface area contributed by atoms with E-state index in [9.17, 15) is 0 Å². The molecule has 17 heavy (non-hydrogen) atoms. The van der Waals surface area contributed by atoms with Crippen molar-refractivity contribution in [3.8, 4) is 0 Å². The van der Waals surface area contributed by atoms with Crippen LogP contribution in [0.15, 0.2) is 12.4 Å². The summed E-state index contributed by atoms with van der Waals surface area (Å²) in [4.78, 5) is 8.41. The summed E-state index contributed by atoms with van der Waals surface area (Å²) < 4.78 is 5.68. The first-order valence-electron chi connectivity index (χ1n) is 6.24. The van der Waals surface area contributed by atoms with Gasteiger partial charge in [-0.2, -0.15) is 0 Å². The van der Waals surface area contributed by atoms with Gasteiger partial charge in [-0.1, -0.05) is 6.92 Å². The lowest BCUT2D eigenvalue weighted by Gasteiger charge is -2.45. The Hall–Kier alpha value is -1.20. The standard InChI is InChI=1S/C12H18N4O/c1-2-7-5-9(15-6-14-7)16-11-10(13)8-3-4-17-12(8)11/h5-6,8,10-12H,2-4,13H2,1H3,(H,14,15,16). The highest BCUT2D eigenvalue weighted by atomic mass is 16.5. The molecule has 2 aliphatic rings. The van der Waals surface area contributed by atoms with Gasteiger partial charge in [-0.25, -0.2) is 9.97 Å². The predicted octanol–water partition coefficient (Wildman–Crippen LogP) is 0.565. The Morgan fingerprint density at radius 3 is 3.24 bits per heavy atom. The van der Waals surface area contributed by atoms with Gasteiger partial charge in [-0.3, -0.25) is 0 Å². The first kappa shape index (κ1) is 10.9. The van der Waals surface area contributed by atoms with Gasteiger partial charge in [0.2, 0.25) is 0 Å². The quantitative estimate of drug-likeness (QED) is 0.799. The average molecular weight is 234 g/mol. The maximum Gasteiger partial charge on any atom is 0.129 e. The number of nitrogens with zero attached hydrogens (tertiary/aromatic N) is 2. The molecule has 4 atom stereocenters. The number of aryl methyl sites for hydroxylation is 1. The molecule has 0 bridgehead atoms. The molecule has 92 valence electrons. The fraction of sp³-hybridized carbons (Fsp3) is 0.667. The van der Waals surface area contributed by atoms with Crippen molar-refractivity contribution in [2.75, 3.05) is 11.9 Å². The largest absolute Gasteiger partial charge is 0.376 e. The lowest BCUT2D eigenvalue weighted by atomic mass is 9.72.